The first-order chi connectivity index (χ1) is 9.15. The average Bonchev–Trinajstić information content (AvgIpc) is 2.33. The summed E-state index contributed by atoms with van der Waals surface area (Å²) in [6.07, 6.45) is 0. The fraction of sp³-hybridized carbons (Fsp3) is 0.429. The van der Waals surface area contributed by atoms with Gasteiger partial charge >= 0.3 is 0 Å². The second-order valence-corrected chi connectivity index (χ2v) is 8.27. The van der Waals surface area contributed by atoms with Crippen molar-refractivity contribution >= 4 is 21.2 Å². The molecule has 0 aromatic heterocycles. The van der Waals surface area contributed by atoms with Crippen LogP contribution < -0.4 is 5.43 Å². The zero-order valence-electron chi connectivity index (χ0n) is 12.1. The van der Waals surface area contributed by atoms with Crippen LogP contribution >= 0.6 is 0 Å². The molecule has 108 valence electrons. The third kappa shape index (κ3) is 4.35. The molecule has 0 aliphatic heterocycles. The van der Waals surface area contributed by atoms with Gasteiger partial charge in [0.05, 0.1) is 10.4 Å². The predicted octanol–water partition coefficient (Wildman–Crippen LogP) is 2.50. The van der Waals surface area contributed by atoms with E-state index in [9.17, 15) is 8.42 Å². The molecule has 1 N–H and O–H groups in total. The van der Waals surface area contributed by atoms with Gasteiger partial charge in [0, 0.05) is 0 Å². The minimum atomic E-state index is -3.41. The van der Waals surface area contributed by atoms with Crippen LogP contribution in [0.1, 0.15) is 26.3 Å². The maximum Gasteiger partial charge on any atom is 0.161 e. The van der Waals surface area contributed by atoms with Gasteiger partial charge in [-0.15, -0.1) is 0 Å². The maximum absolute atomic E-state index is 12.0. The Balaban J connectivity index is 2.88. The van der Waals surface area contributed by atoms with Crippen LogP contribution in [-0.2, 0) is 9.84 Å². The van der Waals surface area contributed by atoms with Gasteiger partial charge in [0.25, 0.3) is 0 Å². The van der Waals surface area contributed by atoms with E-state index >= 15 is 0 Å². The summed E-state index contributed by atoms with van der Waals surface area (Å²) in [4.78, 5) is 0. The Bertz CT molecular complexity index is 650. The summed E-state index contributed by atoms with van der Waals surface area (Å²) in [5.41, 5.74) is 4.42. The van der Waals surface area contributed by atoms with Crippen molar-refractivity contribution in [2.24, 2.45) is 5.10 Å². The fourth-order valence-electron chi connectivity index (χ4n) is 1.33. The molecule has 0 spiro atoms. The van der Waals surface area contributed by atoms with Gasteiger partial charge in [0.15, 0.2) is 15.5 Å². The van der Waals surface area contributed by atoms with E-state index in [1.165, 1.54) is 0 Å². The summed E-state index contributed by atoms with van der Waals surface area (Å²) in [6, 6.07) is 9.26. The third-order valence-corrected chi connectivity index (χ3v) is 5.25. The van der Waals surface area contributed by atoms with Gasteiger partial charge < -0.3 is 0 Å². The second kappa shape index (κ2) is 6.06. The minimum Gasteiger partial charge on any atom is -0.278 e. The van der Waals surface area contributed by atoms with E-state index < -0.39 is 14.6 Å². The average molecular weight is 293 g/mol. The van der Waals surface area contributed by atoms with E-state index in [2.05, 4.69) is 10.5 Å². The highest BCUT2D eigenvalue weighted by molar-refractivity contribution is 7.93. The summed E-state index contributed by atoms with van der Waals surface area (Å²) in [6.45, 7) is 6.74. The third-order valence-electron chi connectivity index (χ3n) is 2.73. The molecule has 0 aliphatic rings. The number of hydrogen-bond acceptors (Lipinski definition) is 5. The highest BCUT2D eigenvalue weighted by atomic mass is 32.2. The lowest BCUT2D eigenvalue weighted by atomic mass is 10.2. The van der Waals surface area contributed by atoms with Crippen molar-refractivity contribution in [2.45, 2.75) is 32.4 Å². The number of nitrogens with one attached hydrogen (secondary N) is 1. The molecule has 0 bridgehead atoms. The zero-order chi connectivity index (χ0) is 15.4. The molecule has 0 aliphatic carbocycles. The van der Waals surface area contributed by atoms with Gasteiger partial charge in [0.2, 0.25) is 0 Å². The number of nitriles is 1. The fourth-order valence-corrected chi connectivity index (χ4v) is 2.25. The first-order valence-corrected chi connectivity index (χ1v) is 7.82. The molecule has 0 saturated heterocycles. The summed E-state index contributed by atoms with van der Waals surface area (Å²) in [5, 5.41) is 12.9. The molecule has 1 rings (SSSR count). The Kier molecular flexibility index (Phi) is 4.90. The summed E-state index contributed by atoms with van der Waals surface area (Å²) < 4.78 is 23.1. The molecule has 20 heavy (non-hydrogen) atoms. The quantitative estimate of drug-likeness (QED) is 0.683. The number of sulfone groups is 1. The van der Waals surface area contributed by atoms with Gasteiger partial charge in [0.1, 0.15) is 11.8 Å². The largest absolute Gasteiger partial charge is 0.278 e. The Labute approximate surface area is 120 Å². The molecule has 1 aromatic carbocycles. The number of benzene rings is 1. The number of hydrogen-bond donors (Lipinski definition) is 1. The van der Waals surface area contributed by atoms with Crippen LogP contribution in [0, 0.1) is 18.3 Å². The first kappa shape index (κ1) is 16.2. The van der Waals surface area contributed by atoms with Crippen molar-refractivity contribution in [3.63, 3.8) is 0 Å². The molecule has 0 atom stereocenters. The Morgan fingerprint density at radius 3 is 2.55 bits per heavy atom. The van der Waals surface area contributed by atoms with Crippen LogP contribution in [-0.4, -0.2) is 24.6 Å². The van der Waals surface area contributed by atoms with Crippen LogP contribution in [0.3, 0.4) is 0 Å². The topological polar surface area (TPSA) is 82.3 Å². The summed E-state index contributed by atoms with van der Waals surface area (Å²) in [7, 11) is -3.41. The first-order valence-electron chi connectivity index (χ1n) is 6.17. The lowest BCUT2D eigenvalue weighted by Crippen LogP contribution is -2.33. The highest BCUT2D eigenvalue weighted by Gasteiger charge is 2.30. The second-order valence-electron chi connectivity index (χ2n) is 5.52. The molecule has 6 heteroatoms. The smallest absolute Gasteiger partial charge is 0.161 e. The number of anilines is 1. The number of aryl methyl sites for hydroxylation is 1. The van der Waals surface area contributed by atoms with Crippen LogP contribution in [0.25, 0.3) is 0 Å². The highest BCUT2D eigenvalue weighted by Crippen LogP contribution is 2.16. The van der Waals surface area contributed by atoms with Gasteiger partial charge in [-0.25, -0.2) is 8.42 Å². The van der Waals surface area contributed by atoms with Crippen LogP contribution in [0.15, 0.2) is 29.4 Å². The maximum atomic E-state index is 12.0. The Morgan fingerprint density at radius 1 is 1.40 bits per heavy atom. The number of rotatable bonds is 4. The molecule has 1 aromatic rings. The SMILES string of the molecule is Cc1cccc(N/N=C(\C#N)CS(=O)(=O)C(C)(C)C)c1. The van der Waals surface area contributed by atoms with Crippen molar-refractivity contribution in [2.75, 3.05) is 11.2 Å². The van der Waals surface area contributed by atoms with Crippen molar-refractivity contribution in [1.29, 1.82) is 5.26 Å². The molecular formula is C14H19N3O2S. The molecule has 0 fully saturated rings. The van der Waals surface area contributed by atoms with E-state index in [1.54, 1.807) is 26.8 Å². The molecule has 0 unspecified atom stereocenters. The Hall–Kier alpha value is -1.87. The van der Waals surface area contributed by atoms with Crippen LogP contribution in [0.4, 0.5) is 5.69 Å². The van der Waals surface area contributed by atoms with E-state index in [-0.39, 0.29) is 11.5 Å². The van der Waals surface area contributed by atoms with Crippen molar-refractivity contribution in [1.82, 2.24) is 0 Å². The number of hydrazone groups is 1. The van der Waals surface area contributed by atoms with Gasteiger partial charge in [-0.05, 0) is 45.4 Å². The predicted molar refractivity (Wildman–Crippen MR) is 81.4 cm³/mol. The Morgan fingerprint density at radius 2 is 2.05 bits per heavy atom. The lowest BCUT2D eigenvalue weighted by Gasteiger charge is -2.18. The number of nitrogens with zero attached hydrogens (tertiary/aromatic N) is 2. The van der Waals surface area contributed by atoms with Crippen molar-refractivity contribution < 1.29 is 8.42 Å². The van der Waals surface area contributed by atoms with E-state index in [0.717, 1.165) is 5.56 Å². The summed E-state index contributed by atoms with van der Waals surface area (Å²) in [5.74, 6) is -0.369. The van der Waals surface area contributed by atoms with Crippen molar-refractivity contribution in [3.8, 4) is 6.07 Å². The van der Waals surface area contributed by atoms with Crippen LogP contribution in [0.2, 0.25) is 0 Å². The standard InChI is InChI=1S/C14H19N3O2S/c1-11-6-5-7-12(8-11)16-17-13(9-15)10-20(18,19)14(2,3)4/h5-8,16H,10H2,1-4H3/b17-13+. The van der Waals surface area contributed by atoms with E-state index in [4.69, 9.17) is 5.26 Å². The molecule has 0 saturated carbocycles. The van der Waals surface area contributed by atoms with Crippen LogP contribution in [0.5, 0.6) is 0 Å². The van der Waals surface area contributed by atoms with Gasteiger partial charge in [-0.2, -0.15) is 10.4 Å². The molecule has 0 radical (unpaired) electrons. The van der Waals surface area contributed by atoms with Gasteiger partial charge in [-0.3, -0.25) is 5.43 Å². The monoisotopic (exact) mass is 293 g/mol. The molecule has 0 amide bonds. The van der Waals surface area contributed by atoms with E-state index in [0.29, 0.717) is 5.69 Å². The molecular weight excluding hydrogens is 274 g/mol. The van der Waals surface area contributed by atoms with Gasteiger partial charge in [-0.1, -0.05) is 12.1 Å². The van der Waals surface area contributed by atoms with Crippen molar-refractivity contribution in [3.05, 3.63) is 29.8 Å². The lowest BCUT2D eigenvalue weighted by molar-refractivity contribution is 0.564. The molecule has 0 heterocycles. The van der Waals surface area contributed by atoms with E-state index in [1.807, 2.05) is 31.2 Å². The minimum absolute atomic E-state index is 0.0542. The normalized spacial score (nSPS) is 12.8. The molecule has 5 nitrogen and oxygen atoms in total. The zero-order valence-corrected chi connectivity index (χ0v) is 13.0. The summed E-state index contributed by atoms with van der Waals surface area (Å²) >= 11 is 0.